The molecule has 0 unspecified atom stereocenters. The molecular weight excluding hydrogens is 615 g/mol. The molecule has 0 bridgehead atoms. The molecule has 10 aromatic carbocycles. The van der Waals surface area contributed by atoms with E-state index < -0.39 is 0 Å². The van der Waals surface area contributed by atoms with Crippen LogP contribution in [-0.4, -0.2) is 0 Å². The lowest BCUT2D eigenvalue weighted by Gasteiger charge is -2.27. The standard InChI is InChI=1S/C50H33N/c1-2-13-41(14-3-1)51(42-26-22-35(23-27-42)39-20-18-34-10-4-5-12-38(34)32-39)50-31-30-44(45-16-8-9-17-48(45)50)40-21-19-37-25-28-46-43-15-7-6-11-36(43)24-29-47(46)49(37)33-40/h1-33H. The minimum atomic E-state index is 1.12. The van der Waals surface area contributed by atoms with Crippen LogP contribution in [0.4, 0.5) is 17.1 Å². The van der Waals surface area contributed by atoms with E-state index in [4.69, 9.17) is 0 Å². The first kappa shape index (κ1) is 29.2. The molecule has 10 aromatic rings. The molecule has 0 atom stereocenters. The van der Waals surface area contributed by atoms with Crippen LogP contribution in [0.3, 0.4) is 0 Å². The zero-order valence-electron chi connectivity index (χ0n) is 28.0. The van der Waals surface area contributed by atoms with Gasteiger partial charge in [-0.05, 0) is 113 Å². The number of para-hydroxylation sites is 1. The van der Waals surface area contributed by atoms with Crippen molar-refractivity contribution >= 4 is 70.9 Å². The Hall–Kier alpha value is -6.70. The summed E-state index contributed by atoms with van der Waals surface area (Å²) in [5, 5.41) is 12.6. The molecule has 0 saturated heterocycles. The summed E-state index contributed by atoms with van der Waals surface area (Å²) < 4.78 is 0. The molecule has 0 heterocycles. The van der Waals surface area contributed by atoms with Gasteiger partial charge < -0.3 is 4.90 Å². The highest BCUT2D eigenvalue weighted by molar-refractivity contribution is 6.18. The molecule has 1 heteroatoms. The van der Waals surface area contributed by atoms with Crippen LogP contribution in [0.15, 0.2) is 200 Å². The van der Waals surface area contributed by atoms with Crippen LogP contribution in [0.5, 0.6) is 0 Å². The molecule has 10 rings (SSSR count). The van der Waals surface area contributed by atoms with Crippen molar-refractivity contribution in [3.8, 4) is 22.3 Å². The fourth-order valence-electron chi connectivity index (χ4n) is 7.89. The first-order chi connectivity index (χ1) is 25.3. The lowest BCUT2D eigenvalue weighted by Crippen LogP contribution is -2.10. The lowest BCUT2D eigenvalue weighted by molar-refractivity contribution is 1.30. The Morgan fingerprint density at radius 3 is 1.61 bits per heavy atom. The van der Waals surface area contributed by atoms with E-state index in [1.807, 2.05) is 0 Å². The molecule has 0 aliphatic carbocycles. The van der Waals surface area contributed by atoms with Crippen LogP contribution in [-0.2, 0) is 0 Å². The molecule has 0 saturated carbocycles. The van der Waals surface area contributed by atoms with Crippen molar-refractivity contribution < 1.29 is 0 Å². The number of benzene rings is 10. The second-order valence-electron chi connectivity index (χ2n) is 13.3. The fourth-order valence-corrected chi connectivity index (χ4v) is 7.89. The topological polar surface area (TPSA) is 3.24 Å². The van der Waals surface area contributed by atoms with Gasteiger partial charge in [0.05, 0.1) is 5.69 Å². The molecule has 0 aliphatic heterocycles. The van der Waals surface area contributed by atoms with Crippen LogP contribution in [0.1, 0.15) is 0 Å². The Kier molecular flexibility index (Phi) is 6.89. The largest absolute Gasteiger partial charge is 0.310 e. The molecule has 0 N–H and O–H groups in total. The highest BCUT2D eigenvalue weighted by atomic mass is 15.1. The van der Waals surface area contributed by atoms with Gasteiger partial charge in [0.2, 0.25) is 0 Å². The first-order valence-electron chi connectivity index (χ1n) is 17.6. The lowest BCUT2D eigenvalue weighted by atomic mass is 9.92. The molecule has 0 aliphatic rings. The quantitative estimate of drug-likeness (QED) is 0.168. The highest BCUT2D eigenvalue weighted by Gasteiger charge is 2.18. The molecule has 0 amide bonds. The predicted molar refractivity (Wildman–Crippen MR) is 220 cm³/mol. The van der Waals surface area contributed by atoms with Gasteiger partial charge >= 0.3 is 0 Å². The maximum Gasteiger partial charge on any atom is 0.0540 e. The Bertz CT molecular complexity index is 2900. The van der Waals surface area contributed by atoms with Crippen molar-refractivity contribution in [2.45, 2.75) is 0 Å². The first-order valence-corrected chi connectivity index (χ1v) is 17.6. The number of fused-ring (bicyclic) bond motifs is 7. The van der Waals surface area contributed by atoms with Crippen LogP contribution < -0.4 is 4.90 Å². The average Bonchev–Trinajstić information content (AvgIpc) is 3.21. The van der Waals surface area contributed by atoms with Crippen LogP contribution in [0.25, 0.3) is 76.1 Å². The third-order valence-electron chi connectivity index (χ3n) is 10.4. The van der Waals surface area contributed by atoms with Crippen molar-refractivity contribution in [2.24, 2.45) is 0 Å². The third-order valence-corrected chi connectivity index (χ3v) is 10.4. The van der Waals surface area contributed by atoms with E-state index in [1.54, 1.807) is 0 Å². The highest BCUT2D eigenvalue weighted by Crippen LogP contribution is 2.43. The Balaban J connectivity index is 1.11. The fraction of sp³-hybridized carbons (Fsp3) is 0. The summed E-state index contributed by atoms with van der Waals surface area (Å²) in [4.78, 5) is 2.38. The van der Waals surface area contributed by atoms with E-state index in [2.05, 4.69) is 205 Å². The van der Waals surface area contributed by atoms with Gasteiger partial charge in [-0.2, -0.15) is 0 Å². The molecular formula is C50H33N. The normalized spacial score (nSPS) is 11.5. The summed E-state index contributed by atoms with van der Waals surface area (Å²) in [5.74, 6) is 0. The third kappa shape index (κ3) is 5.02. The summed E-state index contributed by atoms with van der Waals surface area (Å²) >= 11 is 0. The number of hydrogen-bond donors (Lipinski definition) is 0. The van der Waals surface area contributed by atoms with E-state index in [1.165, 1.54) is 76.1 Å². The van der Waals surface area contributed by atoms with Crippen LogP contribution >= 0.6 is 0 Å². The molecule has 51 heavy (non-hydrogen) atoms. The van der Waals surface area contributed by atoms with Crippen molar-refractivity contribution in [3.05, 3.63) is 200 Å². The van der Waals surface area contributed by atoms with Crippen molar-refractivity contribution in [3.63, 3.8) is 0 Å². The number of rotatable bonds is 5. The monoisotopic (exact) mass is 647 g/mol. The van der Waals surface area contributed by atoms with Gasteiger partial charge in [0.15, 0.2) is 0 Å². The minimum Gasteiger partial charge on any atom is -0.310 e. The van der Waals surface area contributed by atoms with Gasteiger partial charge in [-0.15, -0.1) is 0 Å². The summed E-state index contributed by atoms with van der Waals surface area (Å²) in [5.41, 5.74) is 8.26. The number of hydrogen-bond acceptors (Lipinski definition) is 1. The summed E-state index contributed by atoms with van der Waals surface area (Å²) in [6, 6.07) is 73.0. The maximum atomic E-state index is 2.38. The molecule has 1 nitrogen and oxygen atoms in total. The van der Waals surface area contributed by atoms with E-state index in [0.717, 1.165) is 17.1 Å². The number of anilines is 3. The molecule has 0 spiro atoms. The van der Waals surface area contributed by atoms with Crippen molar-refractivity contribution in [1.29, 1.82) is 0 Å². The predicted octanol–water partition coefficient (Wildman–Crippen LogP) is 14.3. The van der Waals surface area contributed by atoms with E-state index in [-0.39, 0.29) is 0 Å². The summed E-state index contributed by atoms with van der Waals surface area (Å²) in [7, 11) is 0. The molecule has 0 fully saturated rings. The van der Waals surface area contributed by atoms with E-state index >= 15 is 0 Å². The Morgan fingerprint density at radius 2 is 0.804 bits per heavy atom. The van der Waals surface area contributed by atoms with E-state index in [0.29, 0.717) is 0 Å². The van der Waals surface area contributed by atoms with Gasteiger partial charge in [-0.3, -0.25) is 0 Å². The molecule has 0 radical (unpaired) electrons. The number of nitrogens with zero attached hydrogens (tertiary/aromatic N) is 1. The zero-order valence-corrected chi connectivity index (χ0v) is 28.0. The van der Waals surface area contributed by atoms with Crippen LogP contribution in [0.2, 0.25) is 0 Å². The molecule has 238 valence electrons. The zero-order chi connectivity index (χ0) is 33.7. The smallest absolute Gasteiger partial charge is 0.0540 e. The second kappa shape index (κ2) is 12.0. The average molecular weight is 648 g/mol. The van der Waals surface area contributed by atoms with Crippen molar-refractivity contribution in [2.75, 3.05) is 4.90 Å². The van der Waals surface area contributed by atoms with Gasteiger partial charge in [-0.25, -0.2) is 0 Å². The second-order valence-corrected chi connectivity index (χ2v) is 13.3. The minimum absolute atomic E-state index is 1.12. The maximum absolute atomic E-state index is 2.38. The van der Waals surface area contributed by atoms with Gasteiger partial charge in [0.1, 0.15) is 0 Å². The Labute approximate surface area is 297 Å². The van der Waals surface area contributed by atoms with Gasteiger partial charge in [-0.1, -0.05) is 158 Å². The summed E-state index contributed by atoms with van der Waals surface area (Å²) in [6.45, 7) is 0. The Morgan fingerprint density at radius 1 is 0.255 bits per heavy atom. The molecule has 0 aromatic heterocycles. The van der Waals surface area contributed by atoms with E-state index in [9.17, 15) is 0 Å². The van der Waals surface area contributed by atoms with Gasteiger partial charge in [0, 0.05) is 16.8 Å². The SMILES string of the molecule is c1ccc(N(c2ccc(-c3ccc4ccccc4c3)cc2)c2ccc(-c3ccc4ccc5c6ccccc6ccc5c4c3)c3ccccc23)cc1. The summed E-state index contributed by atoms with van der Waals surface area (Å²) in [6.07, 6.45) is 0. The van der Waals surface area contributed by atoms with Crippen LogP contribution in [0, 0.1) is 0 Å². The van der Waals surface area contributed by atoms with Gasteiger partial charge in [0.25, 0.3) is 0 Å². The van der Waals surface area contributed by atoms with Crippen molar-refractivity contribution in [1.82, 2.24) is 0 Å².